The number of non-ortho nitro benzene ring substituents is 1. The molecule has 0 aliphatic rings. The molecular formula is C20H20ClN5O3S2. The van der Waals surface area contributed by atoms with Crippen LogP contribution in [0.3, 0.4) is 0 Å². The van der Waals surface area contributed by atoms with Crippen LogP contribution in [0.2, 0.25) is 5.02 Å². The van der Waals surface area contributed by atoms with Crippen molar-refractivity contribution in [2.45, 2.75) is 32.0 Å². The van der Waals surface area contributed by atoms with Crippen LogP contribution in [0.25, 0.3) is 11.4 Å². The van der Waals surface area contributed by atoms with Gasteiger partial charge in [-0.15, -0.1) is 28.1 Å². The van der Waals surface area contributed by atoms with E-state index in [2.05, 4.69) is 41.3 Å². The molecule has 0 saturated heterocycles. The first-order chi connectivity index (χ1) is 14.8. The lowest BCUT2D eigenvalue weighted by Gasteiger charge is -2.09. The van der Waals surface area contributed by atoms with E-state index in [-0.39, 0.29) is 28.1 Å². The molecule has 0 aliphatic heterocycles. The summed E-state index contributed by atoms with van der Waals surface area (Å²) in [7, 11) is 0. The predicted molar refractivity (Wildman–Crippen MR) is 125 cm³/mol. The topological polar surface area (TPSA) is 103 Å². The number of aromatic nitrogens is 3. The van der Waals surface area contributed by atoms with E-state index in [1.807, 2.05) is 4.57 Å². The van der Waals surface area contributed by atoms with Gasteiger partial charge in [0, 0.05) is 34.5 Å². The minimum Gasteiger partial charge on any atom is -0.324 e. The van der Waals surface area contributed by atoms with Gasteiger partial charge in [-0.1, -0.05) is 36.4 Å². The number of nitro groups is 1. The molecule has 31 heavy (non-hydrogen) atoms. The lowest BCUT2D eigenvalue weighted by Crippen LogP contribution is -2.15. The first kappa shape index (κ1) is 23.0. The number of hydrogen-bond donors (Lipinski definition) is 1. The molecule has 0 unspecified atom stereocenters. The van der Waals surface area contributed by atoms with Gasteiger partial charge in [-0.05, 0) is 25.0 Å². The Balaban J connectivity index is 1.77. The highest BCUT2D eigenvalue weighted by Crippen LogP contribution is 2.33. The Labute approximate surface area is 192 Å². The van der Waals surface area contributed by atoms with E-state index in [0.717, 1.165) is 17.8 Å². The number of hydrogen-bond acceptors (Lipinski definition) is 7. The molecule has 1 aromatic carbocycles. The molecule has 3 rings (SSSR count). The largest absolute Gasteiger partial charge is 0.324 e. The van der Waals surface area contributed by atoms with Crippen LogP contribution in [0.1, 0.15) is 17.4 Å². The van der Waals surface area contributed by atoms with Crippen LogP contribution in [0, 0.1) is 17.0 Å². The Morgan fingerprint density at radius 3 is 2.90 bits per heavy atom. The standard InChI is InChI=1S/C20H20ClN5O3S2/c1-4-8-25-19(15-10-30-12(3)14(15)5-2)23-24-20(25)31-11-18(27)22-17-9-13(26(28)29)6-7-16(17)21/h4,6-7,9-10H,1,5,8,11H2,2-3H3,(H,22,27). The van der Waals surface area contributed by atoms with Crippen LogP contribution in [0.4, 0.5) is 11.4 Å². The molecule has 1 amide bonds. The van der Waals surface area contributed by atoms with E-state index in [9.17, 15) is 14.9 Å². The third kappa shape index (κ3) is 5.15. The zero-order valence-corrected chi connectivity index (χ0v) is 19.3. The lowest BCUT2D eigenvalue weighted by molar-refractivity contribution is -0.384. The Hall–Kier alpha value is -2.69. The van der Waals surface area contributed by atoms with Crippen molar-refractivity contribution in [2.75, 3.05) is 11.1 Å². The Bertz CT molecular complexity index is 1140. The summed E-state index contributed by atoms with van der Waals surface area (Å²) in [5, 5.41) is 25.1. The van der Waals surface area contributed by atoms with Crippen molar-refractivity contribution in [1.29, 1.82) is 0 Å². The van der Waals surface area contributed by atoms with Gasteiger partial charge >= 0.3 is 0 Å². The number of nitrogens with one attached hydrogen (secondary N) is 1. The number of halogens is 1. The van der Waals surface area contributed by atoms with Crippen LogP contribution in [0.15, 0.2) is 41.4 Å². The van der Waals surface area contributed by atoms with Crippen LogP contribution < -0.4 is 5.32 Å². The average Bonchev–Trinajstić information content (AvgIpc) is 3.30. The molecule has 0 atom stereocenters. The number of carbonyl (C=O) groups excluding carboxylic acids is 1. The van der Waals surface area contributed by atoms with Crippen molar-refractivity contribution in [2.24, 2.45) is 0 Å². The van der Waals surface area contributed by atoms with Crippen LogP contribution >= 0.6 is 34.7 Å². The van der Waals surface area contributed by atoms with E-state index in [1.165, 1.54) is 40.4 Å². The molecular weight excluding hydrogens is 458 g/mol. The predicted octanol–water partition coefficient (Wildman–Crippen LogP) is 5.36. The number of nitrogens with zero attached hydrogens (tertiary/aromatic N) is 4. The SMILES string of the molecule is C=CCn1c(SCC(=O)Nc2cc([N+](=O)[O-])ccc2Cl)nnc1-c1csc(C)c1CC. The average molecular weight is 478 g/mol. The summed E-state index contributed by atoms with van der Waals surface area (Å²) >= 11 is 8.94. The molecule has 2 aromatic heterocycles. The Kier molecular flexibility index (Phi) is 7.47. The highest BCUT2D eigenvalue weighted by atomic mass is 35.5. The highest BCUT2D eigenvalue weighted by Gasteiger charge is 2.19. The molecule has 0 spiro atoms. The van der Waals surface area contributed by atoms with Gasteiger partial charge in [0.05, 0.1) is 21.4 Å². The van der Waals surface area contributed by atoms with Crippen LogP contribution in [-0.2, 0) is 17.8 Å². The van der Waals surface area contributed by atoms with Crippen LogP contribution in [-0.4, -0.2) is 31.3 Å². The summed E-state index contributed by atoms with van der Waals surface area (Å²) in [6.07, 6.45) is 2.64. The fourth-order valence-electron chi connectivity index (χ4n) is 3.03. The van der Waals surface area contributed by atoms with E-state index in [1.54, 1.807) is 17.4 Å². The minimum atomic E-state index is -0.545. The Morgan fingerprint density at radius 1 is 1.45 bits per heavy atom. The van der Waals surface area contributed by atoms with Crippen molar-refractivity contribution >= 4 is 52.0 Å². The maximum Gasteiger partial charge on any atom is 0.271 e. The fraction of sp³-hybridized carbons (Fsp3) is 0.250. The van der Waals surface area contributed by atoms with Gasteiger partial charge in [-0.25, -0.2) is 0 Å². The second-order valence-corrected chi connectivity index (χ2v) is 8.93. The van der Waals surface area contributed by atoms with E-state index < -0.39 is 4.92 Å². The number of rotatable bonds is 9. The van der Waals surface area contributed by atoms with Gasteiger partial charge in [0.2, 0.25) is 5.91 Å². The second kappa shape index (κ2) is 10.1. The third-order valence-electron chi connectivity index (χ3n) is 4.49. The van der Waals surface area contributed by atoms with Crippen molar-refractivity contribution < 1.29 is 9.72 Å². The summed E-state index contributed by atoms with van der Waals surface area (Å²) in [6, 6.07) is 3.89. The summed E-state index contributed by atoms with van der Waals surface area (Å²) in [5.41, 5.74) is 2.31. The summed E-state index contributed by atoms with van der Waals surface area (Å²) < 4.78 is 1.92. The normalized spacial score (nSPS) is 10.8. The molecule has 0 aliphatic carbocycles. The van der Waals surface area contributed by atoms with Gasteiger partial charge in [-0.2, -0.15) is 0 Å². The molecule has 2 heterocycles. The first-order valence-corrected chi connectivity index (χ1v) is 11.6. The molecule has 162 valence electrons. The van der Waals surface area contributed by atoms with Crippen molar-refractivity contribution in [1.82, 2.24) is 14.8 Å². The van der Waals surface area contributed by atoms with Crippen molar-refractivity contribution in [3.8, 4) is 11.4 Å². The number of anilines is 1. The number of amides is 1. The summed E-state index contributed by atoms with van der Waals surface area (Å²) in [4.78, 5) is 24.1. The highest BCUT2D eigenvalue weighted by molar-refractivity contribution is 7.99. The molecule has 3 aromatic rings. The lowest BCUT2D eigenvalue weighted by atomic mass is 10.1. The Morgan fingerprint density at radius 2 is 2.23 bits per heavy atom. The third-order valence-corrected chi connectivity index (χ3v) is 6.74. The first-order valence-electron chi connectivity index (χ1n) is 9.33. The molecule has 8 nitrogen and oxygen atoms in total. The van der Waals surface area contributed by atoms with Gasteiger partial charge in [0.15, 0.2) is 11.0 Å². The zero-order chi connectivity index (χ0) is 22.5. The number of thiophene rings is 1. The van der Waals surface area contributed by atoms with E-state index in [4.69, 9.17) is 11.6 Å². The van der Waals surface area contributed by atoms with Gasteiger partial charge < -0.3 is 5.32 Å². The van der Waals surface area contributed by atoms with Gasteiger partial charge in [0.25, 0.3) is 5.69 Å². The van der Waals surface area contributed by atoms with Gasteiger partial charge in [-0.3, -0.25) is 19.5 Å². The number of thioether (sulfide) groups is 1. The molecule has 0 saturated carbocycles. The molecule has 11 heteroatoms. The van der Waals surface area contributed by atoms with Gasteiger partial charge in [0.1, 0.15) is 0 Å². The molecule has 0 bridgehead atoms. The van der Waals surface area contributed by atoms with Crippen LogP contribution in [0.5, 0.6) is 0 Å². The quantitative estimate of drug-likeness (QED) is 0.193. The van der Waals surface area contributed by atoms with Crippen molar-refractivity contribution in [3.05, 3.63) is 61.8 Å². The van der Waals surface area contributed by atoms with E-state index >= 15 is 0 Å². The number of nitro benzene ring substituents is 1. The number of allylic oxidation sites excluding steroid dienone is 1. The smallest absolute Gasteiger partial charge is 0.271 e. The maximum atomic E-state index is 12.4. The molecule has 1 N–H and O–H groups in total. The molecule has 0 fully saturated rings. The summed E-state index contributed by atoms with van der Waals surface area (Å²) in [5.74, 6) is 0.422. The second-order valence-electron chi connectivity index (χ2n) is 6.50. The van der Waals surface area contributed by atoms with Crippen molar-refractivity contribution in [3.63, 3.8) is 0 Å². The maximum absolute atomic E-state index is 12.4. The summed E-state index contributed by atoms with van der Waals surface area (Å²) in [6.45, 7) is 8.50. The monoisotopic (exact) mass is 477 g/mol. The molecule has 0 radical (unpaired) electrons. The number of aryl methyl sites for hydroxylation is 1. The van der Waals surface area contributed by atoms with E-state index in [0.29, 0.717) is 11.7 Å². The zero-order valence-electron chi connectivity index (χ0n) is 16.9. The minimum absolute atomic E-state index is 0.0393. The fourth-order valence-corrected chi connectivity index (χ4v) is 4.89. The number of carbonyl (C=O) groups is 1. The number of benzene rings is 1.